The predicted octanol–water partition coefficient (Wildman–Crippen LogP) is 3.64. The van der Waals surface area contributed by atoms with Crippen molar-refractivity contribution >= 4 is 11.6 Å². The Morgan fingerprint density at radius 3 is 2.32 bits per heavy atom. The third kappa shape index (κ3) is 1.76. The Morgan fingerprint density at radius 1 is 1.00 bits per heavy atom. The van der Waals surface area contributed by atoms with Crippen molar-refractivity contribution in [3.05, 3.63) is 77.9 Å². The lowest BCUT2D eigenvalue weighted by Crippen LogP contribution is -2.49. The van der Waals surface area contributed by atoms with Crippen LogP contribution in [0.25, 0.3) is 0 Å². The van der Waals surface area contributed by atoms with E-state index in [-0.39, 0.29) is 11.9 Å². The van der Waals surface area contributed by atoms with Gasteiger partial charge in [0, 0.05) is 11.3 Å². The van der Waals surface area contributed by atoms with Gasteiger partial charge >= 0.3 is 0 Å². The number of anilines is 1. The smallest absolute Gasteiger partial charge is 0.256 e. The molecule has 2 aromatic rings. The average Bonchev–Trinajstić information content (AvgIpc) is 2.46. The van der Waals surface area contributed by atoms with Gasteiger partial charge in [-0.05, 0) is 30.2 Å². The van der Waals surface area contributed by atoms with Crippen LogP contribution in [0, 0.1) is 6.92 Å². The fourth-order valence-corrected chi connectivity index (χ4v) is 2.55. The number of β-lactam (4-membered cyclic amide) rings is 1. The number of amides is 1. The van der Waals surface area contributed by atoms with Crippen LogP contribution in [-0.4, -0.2) is 5.91 Å². The Kier molecular flexibility index (Phi) is 2.71. The third-order valence-electron chi connectivity index (χ3n) is 3.60. The second-order valence-electron chi connectivity index (χ2n) is 4.80. The van der Waals surface area contributed by atoms with E-state index in [1.807, 2.05) is 47.4 Å². The lowest BCUT2D eigenvalue weighted by atomic mass is 9.86. The molecule has 2 heteroatoms. The number of benzene rings is 2. The van der Waals surface area contributed by atoms with E-state index in [4.69, 9.17) is 0 Å². The normalized spacial score (nSPS) is 18.4. The molecular weight excluding hydrogens is 234 g/mol. The molecule has 0 unspecified atom stereocenters. The average molecular weight is 249 g/mol. The van der Waals surface area contributed by atoms with Crippen molar-refractivity contribution in [3.8, 4) is 0 Å². The highest BCUT2D eigenvalue weighted by atomic mass is 16.2. The standard InChI is InChI=1S/C17H15NO/c1-12-8-6-7-11-15(12)16-13(2)17(19)18(16)14-9-4-3-5-10-14/h3-11,16H,2H2,1H3/t16-/m1/s1. The number of carbonyl (C=O) groups excluding carboxylic acids is 1. The highest BCUT2D eigenvalue weighted by molar-refractivity contribution is 6.15. The molecule has 0 aliphatic carbocycles. The number of nitrogens with zero attached hydrogens (tertiary/aromatic N) is 1. The molecule has 1 aliphatic rings. The quantitative estimate of drug-likeness (QED) is 0.588. The zero-order valence-corrected chi connectivity index (χ0v) is 10.8. The molecule has 3 rings (SSSR count). The summed E-state index contributed by atoms with van der Waals surface area (Å²) in [5.74, 6) is 0.0134. The fraction of sp³-hybridized carbons (Fsp3) is 0.118. The summed E-state index contributed by atoms with van der Waals surface area (Å²) in [5, 5.41) is 0. The summed E-state index contributed by atoms with van der Waals surface area (Å²) >= 11 is 0. The second kappa shape index (κ2) is 4.39. The summed E-state index contributed by atoms with van der Waals surface area (Å²) in [7, 11) is 0. The molecule has 2 nitrogen and oxygen atoms in total. The van der Waals surface area contributed by atoms with Crippen LogP contribution in [0.1, 0.15) is 17.2 Å². The number of para-hydroxylation sites is 1. The van der Waals surface area contributed by atoms with Gasteiger partial charge in [-0.1, -0.05) is 49.0 Å². The lowest BCUT2D eigenvalue weighted by Gasteiger charge is -2.43. The van der Waals surface area contributed by atoms with Crippen LogP contribution < -0.4 is 4.90 Å². The van der Waals surface area contributed by atoms with Gasteiger partial charge in [-0.3, -0.25) is 9.69 Å². The molecule has 1 aliphatic heterocycles. The minimum absolute atomic E-state index is 0.0134. The van der Waals surface area contributed by atoms with Gasteiger partial charge in [0.2, 0.25) is 0 Å². The highest BCUT2D eigenvalue weighted by Gasteiger charge is 2.42. The first kappa shape index (κ1) is 11.7. The molecule has 0 spiro atoms. The summed E-state index contributed by atoms with van der Waals surface area (Å²) in [6.45, 7) is 5.99. The van der Waals surface area contributed by atoms with E-state index in [0.717, 1.165) is 11.3 Å². The summed E-state index contributed by atoms with van der Waals surface area (Å²) in [4.78, 5) is 13.9. The molecule has 1 saturated heterocycles. The van der Waals surface area contributed by atoms with E-state index in [1.165, 1.54) is 5.56 Å². The van der Waals surface area contributed by atoms with Gasteiger partial charge in [-0.2, -0.15) is 0 Å². The monoisotopic (exact) mass is 249 g/mol. The Labute approximate surface area is 113 Å². The largest absolute Gasteiger partial charge is 0.297 e. The molecule has 94 valence electrons. The number of hydrogen-bond acceptors (Lipinski definition) is 1. The first-order chi connectivity index (χ1) is 9.20. The molecule has 0 saturated carbocycles. The van der Waals surface area contributed by atoms with Gasteiger partial charge in [-0.15, -0.1) is 0 Å². The number of aryl methyl sites for hydroxylation is 1. The number of rotatable bonds is 2. The van der Waals surface area contributed by atoms with Crippen LogP contribution in [-0.2, 0) is 4.79 Å². The topological polar surface area (TPSA) is 20.3 Å². The first-order valence-electron chi connectivity index (χ1n) is 6.33. The Morgan fingerprint density at radius 2 is 1.63 bits per heavy atom. The number of hydrogen-bond donors (Lipinski definition) is 0. The zero-order chi connectivity index (χ0) is 13.4. The van der Waals surface area contributed by atoms with Crippen molar-refractivity contribution in [3.63, 3.8) is 0 Å². The molecule has 0 radical (unpaired) electrons. The van der Waals surface area contributed by atoms with Crippen LogP contribution >= 0.6 is 0 Å². The van der Waals surface area contributed by atoms with E-state index in [1.54, 1.807) is 0 Å². The molecule has 1 heterocycles. The molecule has 1 amide bonds. The van der Waals surface area contributed by atoms with Gasteiger partial charge in [0.15, 0.2) is 0 Å². The van der Waals surface area contributed by atoms with Crippen LogP contribution in [0.3, 0.4) is 0 Å². The minimum Gasteiger partial charge on any atom is -0.297 e. The third-order valence-corrected chi connectivity index (χ3v) is 3.60. The molecule has 1 fully saturated rings. The van der Waals surface area contributed by atoms with Crippen molar-refractivity contribution in [2.45, 2.75) is 13.0 Å². The molecule has 0 N–H and O–H groups in total. The summed E-state index contributed by atoms with van der Waals surface area (Å²) in [5.41, 5.74) is 3.92. The van der Waals surface area contributed by atoms with Crippen LogP contribution in [0.5, 0.6) is 0 Å². The van der Waals surface area contributed by atoms with Gasteiger partial charge in [0.05, 0.1) is 6.04 Å². The van der Waals surface area contributed by atoms with Gasteiger partial charge < -0.3 is 0 Å². The molecular formula is C17H15NO. The van der Waals surface area contributed by atoms with Crippen molar-refractivity contribution in [2.24, 2.45) is 0 Å². The minimum atomic E-state index is -0.0314. The predicted molar refractivity (Wildman–Crippen MR) is 77.0 cm³/mol. The van der Waals surface area contributed by atoms with Crippen molar-refractivity contribution in [1.29, 1.82) is 0 Å². The van der Waals surface area contributed by atoms with E-state index in [9.17, 15) is 4.79 Å². The summed E-state index contributed by atoms with van der Waals surface area (Å²) in [6.07, 6.45) is 0. The van der Waals surface area contributed by atoms with Crippen LogP contribution in [0.15, 0.2) is 66.7 Å². The van der Waals surface area contributed by atoms with Crippen LogP contribution in [0.2, 0.25) is 0 Å². The highest BCUT2D eigenvalue weighted by Crippen LogP contribution is 2.42. The van der Waals surface area contributed by atoms with Gasteiger partial charge in [0.25, 0.3) is 5.91 Å². The van der Waals surface area contributed by atoms with E-state index >= 15 is 0 Å². The molecule has 2 aromatic carbocycles. The van der Waals surface area contributed by atoms with Crippen molar-refractivity contribution < 1.29 is 4.79 Å². The summed E-state index contributed by atoms with van der Waals surface area (Å²) < 4.78 is 0. The van der Waals surface area contributed by atoms with Crippen LogP contribution in [0.4, 0.5) is 5.69 Å². The maximum Gasteiger partial charge on any atom is 0.256 e. The molecule has 19 heavy (non-hydrogen) atoms. The Balaban J connectivity index is 2.04. The number of carbonyl (C=O) groups is 1. The van der Waals surface area contributed by atoms with Crippen molar-refractivity contribution in [1.82, 2.24) is 0 Å². The summed E-state index contributed by atoms with van der Waals surface area (Å²) in [6, 6.07) is 17.9. The second-order valence-corrected chi connectivity index (χ2v) is 4.80. The fourth-order valence-electron chi connectivity index (χ4n) is 2.55. The molecule has 0 aromatic heterocycles. The van der Waals surface area contributed by atoms with Gasteiger partial charge in [-0.25, -0.2) is 0 Å². The maximum atomic E-state index is 12.1. The zero-order valence-electron chi connectivity index (χ0n) is 10.8. The van der Waals surface area contributed by atoms with Crippen molar-refractivity contribution in [2.75, 3.05) is 4.90 Å². The van der Waals surface area contributed by atoms with E-state index in [0.29, 0.717) is 5.57 Å². The van der Waals surface area contributed by atoms with E-state index in [2.05, 4.69) is 25.6 Å². The van der Waals surface area contributed by atoms with Gasteiger partial charge in [0.1, 0.15) is 0 Å². The maximum absolute atomic E-state index is 12.1. The SMILES string of the molecule is C=C1C(=O)N(c2ccccc2)[C@H]1c1ccccc1C. The molecule has 1 atom stereocenters. The van der Waals surface area contributed by atoms with E-state index < -0.39 is 0 Å². The first-order valence-corrected chi connectivity index (χ1v) is 6.33. The Hall–Kier alpha value is -2.35. The Bertz CT molecular complexity index is 645. The molecule has 0 bridgehead atoms. The lowest BCUT2D eigenvalue weighted by molar-refractivity contribution is -0.118.